The van der Waals surface area contributed by atoms with Crippen LogP contribution in [-0.2, 0) is 9.84 Å². The molecular formula is C15H25NO2S. The molecule has 0 bridgehead atoms. The SMILES string of the molecule is CCCC(NC)C(CC)S(=O)(=O)c1ccc(C)cc1. The van der Waals surface area contributed by atoms with Crippen molar-refractivity contribution in [3.8, 4) is 0 Å². The molecule has 0 amide bonds. The Morgan fingerprint density at radius 3 is 2.16 bits per heavy atom. The van der Waals surface area contributed by atoms with E-state index in [2.05, 4.69) is 12.2 Å². The highest BCUT2D eigenvalue weighted by molar-refractivity contribution is 7.92. The fourth-order valence-corrected chi connectivity index (χ4v) is 4.46. The summed E-state index contributed by atoms with van der Waals surface area (Å²) in [5.41, 5.74) is 1.07. The van der Waals surface area contributed by atoms with Crippen molar-refractivity contribution in [3.63, 3.8) is 0 Å². The first kappa shape index (κ1) is 16.2. The third kappa shape index (κ3) is 3.80. The maximum atomic E-state index is 12.7. The summed E-state index contributed by atoms with van der Waals surface area (Å²) < 4.78 is 25.4. The lowest BCUT2D eigenvalue weighted by Gasteiger charge is -2.25. The minimum atomic E-state index is -3.26. The summed E-state index contributed by atoms with van der Waals surface area (Å²) in [6.07, 6.45) is 2.48. The Bertz CT molecular complexity index is 479. The highest BCUT2D eigenvalue weighted by Crippen LogP contribution is 2.23. The topological polar surface area (TPSA) is 46.2 Å². The Morgan fingerprint density at radius 1 is 1.16 bits per heavy atom. The van der Waals surface area contributed by atoms with Gasteiger partial charge >= 0.3 is 0 Å². The van der Waals surface area contributed by atoms with E-state index >= 15 is 0 Å². The minimum absolute atomic E-state index is 0.0151. The first-order valence-electron chi connectivity index (χ1n) is 6.95. The average Bonchev–Trinajstić information content (AvgIpc) is 2.38. The molecule has 4 heteroatoms. The molecule has 0 aliphatic heterocycles. The predicted molar refractivity (Wildman–Crippen MR) is 80.2 cm³/mol. The molecule has 1 rings (SSSR count). The molecule has 19 heavy (non-hydrogen) atoms. The van der Waals surface area contributed by atoms with Crippen molar-refractivity contribution < 1.29 is 8.42 Å². The van der Waals surface area contributed by atoms with Crippen LogP contribution in [0.5, 0.6) is 0 Å². The maximum Gasteiger partial charge on any atom is 0.182 e. The molecule has 1 N–H and O–H groups in total. The second-order valence-electron chi connectivity index (χ2n) is 4.99. The van der Waals surface area contributed by atoms with Crippen molar-refractivity contribution in [1.82, 2.24) is 5.32 Å². The van der Waals surface area contributed by atoms with E-state index in [-0.39, 0.29) is 11.3 Å². The summed E-state index contributed by atoms with van der Waals surface area (Å²) in [7, 11) is -1.42. The van der Waals surface area contributed by atoms with Crippen LogP contribution >= 0.6 is 0 Å². The van der Waals surface area contributed by atoms with E-state index in [1.807, 2.05) is 33.0 Å². The molecular weight excluding hydrogens is 258 g/mol. The summed E-state index contributed by atoms with van der Waals surface area (Å²) in [6.45, 7) is 5.98. The zero-order valence-electron chi connectivity index (χ0n) is 12.3. The van der Waals surface area contributed by atoms with Gasteiger partial charge in [-0.25, -0.2) is 8.42 Å². The van der Waals surface area contributed by atoms with Crippen LogP contribution in [0.25, 0.3) is 0 Å². The summed E-state index contributed by atoms with van der Waals surface area (Å²) in [4.78, 5) is 0.432. The van der Waals surface area contributed by atoms with Crippen LogP contribution in [0.2, 0.25) is 0 Å². The zero-order valence-corrected chi connectivity index (χ0v) is 13.1. The minimum Gasteiger partial charge on any atom is -0.316 e. The quantitative estimate of drug-likeness (QED) is 0.837. The molecule has 0 radical (unpaired) electrons. The molecule has 0 heterocycles. The third-order valence-corrected chi connectivity index (χ3v) is 5.96. The first-order valence-corrected chi connectivity index (χ1v) is 8.49. The number of nitrogens with one attached hydrogen (secondary N) is 1. The lowest BCUT2D eigenvalue weighted by Crippen LogP contribution is -2.42. The van der Waals surface area contributed by atoms with Crippen molar-refractivity contribution in [3.05, 3.63) is 29.8 Å². The van der Waals surface area contributed by atoms with Gasteiger partial charge in [-0.15, -0.1) is 0 Å². The van der Waals surface area contributed by atoms with Crippen LogP contribution < -0.4 is 5.32 Å². The van der Waals surface area contributed by atoms with Gasteiger partial charge in [0.15, 0.2) is 9.84 Å². The fraction of sp³-hybridized carbons (Fsp3) is 0.600. The van der Waals surface area contributed by atoms with Crippen molar-refractivity contribution in [1.29, 1.82) is 0 Å². The first-order chi connectivity index (χ1) is 8.97. The van der Waals surface area contributed by atoms with Gasteiger partial charge in [0.1, 0.15) is 0 Å². The van der Waals surface area contributed by atoms with Crippen molar-refractivity contribution in [2.45, 2.75) is 56.2 Å². The van der Waals surface area contributed by atoms with Gasteiger partial charge in [0.2, 0.25) is 0 Å². The van der Waals surface area contributed by atoms with Crippen LogP contribution in [0.1, 0.15) is 38.7 Å². The molecule has 0 aliphatic rings. The number of aryl methyl sites for hydroxylation is 1. The highest BCUT2D eigenvalue weighted by Gasteiger charge is 2.31. The summed E-state index contributed by atoms with van der Waals surface area (Å²) >= 11 is 0. The zero-order chi connectivity index (χ0) is 14.5. The van der Waals surface area contributed by atoms with E-state index in [1.54, 1.807) is 12.1 Å². The lowest BCUT2D eigenvalue weighted by atomic mass is 10.1. The average molecular weight is 283 g/mol. The van der Waals surface area contributed by atoms with Crippen LogP contribution in [0, 0.1) is 6.92 Å². The molecule has 0 saturated carbocycles. The number of hydrogen-bond donors (Lipinski definition) is 1. The molecule has 0 saturated heterocycles. The van der Waals surface area contributed by atoms with E-state index < -0.39 is 9.84 Å². The van der Waals surface area contributed by atoms with Gasteiger partial charge in [-0.2, -0.15) is 0 Å². The van der Waals surface area contributed by atoms with Gasteiger partial charge < -0.3 is 5.32 Å². The standard InChI is InChI=1S/C15H25NO2S/c1-5-7-14(16-4)15(6-2)19(17,18)13-10-8-12(3)9-11-13/h8-11,14-16H,5-7H2,1-4H3. The summed E-state index contributed by atoms with van der Waals surface area (Å²) in [5, 5.41) is 2.80. The number of benzene rings is 1. The van der Waals surface area contributed by atoms with E-state index in [4.69, 9.17) is 0 Å². The van der Waals surface area contributed by atoms with Crippen LogP contribution in [0.3, 0.4) is 0 Å². The summed E-state index contributed by atoms with van der Waals surface area (Å²) in [5.74, 6) is 0. The third-order valence-electron chi connectivity index (χ3n) is 3.57. The molecule has 0 spiro atoms. The van der Waals surface area contributed by atoms with Gasteiger partial charge in [0.05, 0.1) is 10.1 Å². The normalized spacial score (nSPS) is 15.2. The van der Waals surface area contributed by atoms with Crippen LogP contribution in [0.15, 0.2) is 29.2 Å². The lowest BCUT2D eigenvalue weighted by molar-refractivity contribution is 0.464. The molecule has 0 fully saturated rings. The number of rotatable bonds is 7. The van der Waals surface area contributed by atoms with Gasteiger partial charge in [-0.05, 0) is 38.9 Å². The largest absolute Gasteiger partial charge is 0.316 e. The molecule has 0 aliphatic carbocycles. The molecule has 1 aromatic rings. The van der Waals surface area contributed by atoms with Gasteiger partial charge in [0.25, 0.3) is 0 Å². The molecule has 108 valence electrons. The van der Waals surface area contributed by atoms with Crippen LogP contribution in [0.4, 0.5) is 0 Å². The van der Waals surface area contributed by atoms with Gasteiger partial charge in [-0.3, -0.25) is 0 Å². The molecule has 1 aromatic carbocycles. The Morgan fingerprint density at radius 2 is 1.74 bits per heavy atom. The Kier molecular flexibility index (Phi) is 6.01. The Hall–Kier alpha value is -0.870. The second kappa shape index (κ2) is 7.06. The van der Waals surface area contributed by atoms with E-state index in [0.29, 0.717) is 11.3 Å². The van der Waals surface area contributed by atoms with E-state index in [0.717, 1.165) is 18.4 Å². The van der Waals surface area contributed by atoms with Crippen molar-refractivity contribution >= 4 is 9.84 Å². The van der Waals surface area contributed by atoms with Crippen molar-refractivity contribution in [2.75, 3.05) is 7.05 Å². The van der Waals surface area contributed by atoms with Crippen molar-refractivity contribution in [2.24, 2.45) is 0 Å². The smallest absolute Gasteiger partial charge is 0.182 e. The predicted octanol–water partition coefficient (Wildman–Crippen LogP) is 2.94. The molecule has 2 atom stereocenters. The molecule has 3 nitrogen and oxygen atoms in total. The maximum absolute atomic E-state index is 12.7. The number of hydrogen-bond acceptors (Lipinski definition) is 3. The Labute approximate surface area is 117 Å². The number of sulfone groups is 1. The van der Waals surface area contributed by atoms with E-state index in [9.17, 15) is 8.42 Å². The molecule has 0 aromatic heterocycles. The monoisotopic (exact) mass is 283 g/mol. The van der Waals surface area contributed by atoms with Crippen LogP contribution in [-0.4, -0.2) is 26.8 Å². The molecule has 2 unspecified atom stereocenters. The second-order valence-corrected chi connectivity index (χ2v) is 7.16. The fourth-order valence-electron chi connectivity index (χ4n) is 2.45. The highest BCUT2D eigenvalue weighted by atomic mass is 32.2. The van der Waals surface area contributed by atoms with E-state index in [1.165, 1.54) is 0 Å². The Balaban J connectivity index is 3.10. The van der Waals surface area contributed by atoms with Gasteiger partial charge in [0, 0.05) is 6.04 Å². The summed E-state index contributed by atoms with van der Waals surface area (Å²) in [6, 6.07) is 7.15. The van der Waals surface area contributed by atoms with Gasteiger partial charge in [-0.1, -0.05) is 38.0 Å².